The molecule has 0 aromatic heterocycles. The van der Waals surface area contributed by atoms with Crippen LogP contribution in [0.1, 0.15) is 19.3 Å². The number of nitroso groups, excluding NO2 is 1. The Morgan fingerprint density at radius 3 is 2.89 bits per heavy atom. The van der Waals surface area contributed by atoms with Gasteiger partial charge in [0.1, 0.15) is 0 Å². The molecule has 0 spiro atoms. The lowest BCUT2D eigenvalue weighted by Crippen LogP contribution is -2.28. The van der Waals surface area contributed by atoms with E-state index in [1.165, 1.54) is 0 Å². The van der Waals surface area contributed by atoms with Gasteiger partial charge < -0.3 is 5.32 Å². The van der Waals surface area contributed by atoms with Crippen molar-refractivity contribution < 1.29 is 9.55 Å². The minimum absolute atomic E-state index is 0.109. The Hall–Kier alpha value is -1.36. The SMILES string of the molecule is O=C(NCCC1Sc2ccccc2[N+]1=O)C1CC1. The standard InChI is InChI=1S/C13H14N2O2S/c16-13(9-5-6-9)14-8-7-12-15(17)10-3-1-2-4-11(10)18-12/h1-4,9,12H,5-8H2/p+1. The molecule has 18 heavy (non-hydrogen) atoms. The van der Waals surface area contributed by atoms with E-state index in [9.17, 15) is 9.70 Å². The number of thioether (sulfide) groups is 1. The number of para-hydroxylation sites is 1. The molecule has 1 atom stereocenters. The smallest absolute Gasteiger partial charge is 0.271 e. The monoisotopic (exact) mass is 263 g/mol. The third-order valence-corrected chi connectivity index (χ3v) is 4.56. The van der Waals surface area contributed by atoms with Gasteiger partial charge in [-0.2, -0.15) is 0 Å². The Kier molecular flexibility index (Phi) is 3.07. The zero-order chi connectivity index (χ0) is 12.5. The van der Waals surface area contributed by atoms with Crippen LogP contribution in [0.25, 0.3) is 0 Å². The number of benzene rings is 1. The van der Waals surface area contributed by atoms with Crippen molar-refractivity contribution in [1.29, 1.82) is 0 Å². The van der Waals surface area contributed by atoms with Gasteiger partial charge in [-0.05, 0) is 30.7 Å². The van der Waals surface area contributed by atoms with Crippen LogP contribution in [0.5, 0.6) is 0 Å². The lowest BCUT2D eigenvalue weighted by molar-refractivity contribution is -0.476. The van der Waals surface area contributed by atoms with Gasteiger partial charge in [-0.1, -0.05) is 12.1 Å². The fourth-order valence-electron chi connectivity index (χ4n) is 2.07. The van der Waals surface area contributed by atoms with Gasteiger partial charge in [0.05, 0.1) is 9.66 Å². The van der Waals surface area contributed by atoms with Crippen molar-refractivity contribution in [1.82, 2.24) is 5.32 Å². The lowest BCUT2D eigenvalue weighted by atomic mass is 10.3. The first-order chi connectivity index (χ1) is 8.75. The number of hydrogen-bond donors (Lipinski definition) is 1. The van der Waals surface area contributed by atoms with Crippen LogP contribution in [0, 0.1) is 10.8 Å². The first-order valence-electron chi connectivity index (χ1n) is 6.25. The maximum absolute atomic E-state index is 12.0. The largest absolute Gasteiger partial charge is 0.356 e. The molecular formula is C13H15N2O2S+. The molecule has 1 unspecified atom stereocenters. The summed E-state index contributed by atoms with van der Waals surface area (Å²) in [6.45, 7) is 0.583. The molecule has 94 valence electrons. The number of nitrogens with one attached hydrogen (secondary N) is 1. The van der Waals surface area contributed by atoms with E-state index in [0.29, 0.717) is 13.0 Å². The number of carbonyl (C=O) groups is 1. The van der Waals surface area contributed by atoms with E-state index < -0.39 is 0 Å². The lowest BCUT2D eigenvalue weighted by Gasteiger charge is -2.03. The number of hydrogen-bond acceptors (Lipinski definition) is 3. The van der Waals surface area contributed by atoms with Gasteiger partial charge in [0, 0.05) is 29.9 Å². The highest BCUT2D eigenvalue weighted by Crippen LogP contribution is 2.42. The molecule has 1 amide bonds. The van der Waals surface area contributed by atoms with Crippen molar-refractivity contribution in [3.8, 4) is 0 Å². The van der Waals surface area contributed by atoms with Crippen molar-refractivity contribution >= 4 is 23.4 Å². The predicted molar refractivity (Wildman–Crippen MR) is 69.7 cm³/mol. The molecule has 1 fully saturated rings. The van der Waals surface area contributed by atoms with Crippen molar-refractivity contribution in [2.24, 2.45) is 5.92 Å². The van der Waals surface area contributed by atoms with E-state index in [2.05, 4.69) is 5.32 Å². The highest BCUT2D eigenvalue weighted by Gasteiger charge is 2.39. The van der Waals surface area contributed by atoms with Gasteiger partial charge in [-0.3, -0.25) is 4.79 Å². The van der Waals surface area contributed by atoms with Crippen LogP contribution in [-0.2, 0) is 4.79 Å². The molecule has 5 heteroatoms. The Morgan fingerprint density at radius 2 is 2.17 bits per heavy atom. The summed E-state index contributed by atoms with van der Waals surface area (Å²) < 4.78 is 1.06. The molecule has 0 bridgehead atoms. The molecule has 1 heterocycles. The maximum Gasteiger partial charge on any atom is 0.271 e. The predicted octanol–water partition coefficient (Wildman–Crippen LogP) is 2.45. The third kappa shape index (κ3) is 2.27. The minimum atomic E-state index is -0.109. The van der Waals surface area contributed by atoms with E-state index in [1.54, 1.807) is 11.8 Å². The summed E-state index contributed by atoms with van der Waals surface area (Å²) in [4.78, 5) is 24.5. The van der Waals surface area contributed by atoms with Gasteiger partial charge in [-0.15, -0.1) is 0 Å². The summed E-state index contributed by atoms with van der Waals surface area (Å²) in [7, 11) is 0. The molecule has 1 aromatic carbocycles. The number of amides is 1. The topological polar surface area (TPSA) is 49.2 Å². The average molecular weight is 263 g/mol. The number of fused-ring (bicyclic) bond motifs is 1. The molecule has 1 saturated carbocycles. The maximum atomic E-state index is 12.0. The Morgan fingerprint density at radius 1 is 1.39 bits per heavy atom. The molecular weight excluding hydrogens is 248 g/mol. The molecule has 0 radical (unpaired) electrons. The van der Waals surface area contributed by atoms with Crippen LogP contribution in [0.3, 0.4) is 0 Å². The fraction of sp³-hybridized carbons (Fsp3) is 0.462. The van der Waals surface area contributed by atoms with Gasteiger partial charge in [-0.25, -0.2) is 0 Å². The van der Waals surface area contributed by atoms with E-state index in [0.717, 1.165) is 28.2 Å². The van der Waals surface area contributed by atoms with E-state index in [-0.39, 0.29) is 17.2 Å². The van der Waals surface area contributed by atoms with Crippen molar-refractivity contribution in [3.05, 3.63) is 29.2 Å². The first-order valence-corrected chi connectivity index (χ1v) is 7.13. The first kappa shape index (κ1) is 11.7. The van der Waals surface area contributed by atoms with Gasteiger partial charge in [0.2, 0.25) is 5.91 Å². The summed E-state index contributed by atoms with van der Waals surface area (Å²) in [6, 6.07) is 7.63. The van der Waals surface area contributed by atoms with Crippen LogP contribution in [0.4, 0.5) is 5.69 Å². The molecule has 3 rings (SSSR count). The molecule has 1 aliphatic heterocycles. The zero-order valence-corrected chi connectivity index (χ0v) is 10.8. The quantitative estimate of drug-likeness (QED) is 0.849. The second kappa shape index (κ2) is 4.72. The van der Waals surface area contributed by atoms with Crippen molar-refractivity contribution in [3.63, 3.8) is 0 Å². The fourth-order valence-corrected chi connectivity index (χ4v) is 3.25. The zero-order valence-electron chi connectivity index (χ0n) is 9.96. The van der Waals surface area contributed by atoms with Crippen LogP contribution in [0.15, 0.2) is 29.2 Å². The van der Waals surface area contributed by atoms with Crippen LogP contribution in [0.2, 0.25) is 0 Å². The molecule has 0 saturated heterocycles. The second-order valence-corrected chi connectivity index (χ2v) is 5.94. The molecule has 2 aliphatic rings. The van der Waals surface area contributed by atoms with Crippen LogP contribution < -0.4 is 5.32 Å². The molecule has 1 N–H and O–H groups in total. The van der Waals surface area contributed by atoms with E-state index in [1.807, 2.05) is 24.3 Å². The highest BCUT2D eigenvalue weighted by atomic mass is 32.2. The minimum Gasteiger partial charge on any atom is -0.356 e. The van der Waals surface area contributed by atoms with Crippen LogP contribution >= 0.6 is 11.8 Å². The Balaban J connectivity index is 1.53. The Bertz CT molecular complexity index is 500. The third-order valence-electron chi connectivity index (χ3n) is 3.27. The Labute approximate surface area is 110 Å². The number of carbonyl (C=O) groups excluding carboxylic acids is 1. The van der Waals surface area contributed by atoms with Gasteiger partial charge >= 0.3 is 0 Å². The number of nitrogens with zero attached hydrogens (tertiary/aromatic N) is 1. The van der Waals surface area contributed by atoms with E-state index >= 15 is 0 Å². The summed E-state index contributed by atoms with van der Waals surface area (Å²) in [5.74, 6) is 0.384. The van der Waals surface area contributed by atoms with Crippen LogP contribution in [-0.4, -0.2) is 22.6 Å². The summed E-state index contributed by atoms with van der Waals surface area (Å²) >= 11 is 1.58. The van der Waals surface area contributed by atoms with Gasteiger partial charge in [0.15, 0.2) is 0 Å². The van der Waals surface area contributed by atoms with Gasteiger partial charge in [0.25, 0.3) is 11.1 Å². The molecule has 1 aliphatic carbocycles. The average Bonchev–Trinajstić information content (AvgIpc) is 3.17. The number of rotatable bonds is 4. The normalized spacial score (nSPS) is 21.8. The van der Waals surface area contributed by atoms with Crippen molar-refractivity contribution in [2.45, 2.75) is 29.5 Å². The highest BCUT2D eigenvalue weighted by molar-refractivity contribution is 8.00. The van der Waals surface area contributed by atoms with Crippen molar-refractivity contribution in [2.75, 3.05) is 6.54 Å². The summed E-state index contributed by atoms with van der Waals surface area (Å²) in [6.07, 6.45) is 2.72. The van der Waals surface area contributed by atoms with E-state index in [4.69, 9.17) is 0 Å². The second-order valence-electron chi connectivity index (χ2n) is 4.72. The molecule has 4 nitrogen and oxygen atoms in total. The molecule has 1 aromatic rings. The summed E-state index contributed by atoms with van der Waals surface area (Å²) in [5.41, 5.74) is 0.751. The summed E-state index contributed by atoms with van der Waals surface area (Å²) in [5, 5.41) is 2.79.